The van der Waals surface area contributed by atoms with Gasteiger partial charge in [0.1, 0.15) is 5.82 Å². The van der Waals surface area contributed by atoms with E-state index in [4.69, 9.17) is 0 Å². The summed E-state index contributed by atoms with van der Waals surface area (Å²) >= 11 is 0. The van der Waals surface area contributed by atoms with Gasteiger partial charge in [0.15, 0.2) is 0 Å². The summed E-state index contributed by atoms with van der Waals surface area (Å²) in [4.78, 5) is 37.3. The molecule has 0 unspecified atom stereocenters. The van der Waals surface area contributed by atoms with Gasteiger partial charge in [-0.05, 0) is 37.8 Å². The minimum atomic E-state index is -0.495. The number of hydrogen-bond acceptors (Lipinski definition) is 3. The molecule has 0 bridgehead atoms. The second-order valence-corrected chi connectivity index (χ2v) is 8.05. The average molecular weight is 382 g/mol. The first-order valence-electron chi connectivity index (χ1n) is 9.98. The van der Waals surface area contributed by atoms with Gasteiger partial charge in [0.05, 0.1) is 23.1 Å². The predicted octanol–water partition coefficient (Wildman–Crippen LogP) is 2.48. The minimum Gasteiger partial charge on any atom is -0.348 e. The Morgan fingerprint density at radius 3 is 2.61 bits per heavy atom. The molecule has 1 aliphatic carbocycles. The zero-order valence-corrected chi connectivity index (χ0v) is 15.7. The molecule has 2 fully saturated rings. The van der Waals surface area contributed by atoms with Gasteiger partial charge in [-0.25, -0.2) is 9.37 Å². The number of rotatable bonds is 2. The van der Waals surface area contributed by atoms with Crippen molar-refractivity contribution in [2.75, 3.05) is 19.6 Å². The Morgan fingerprint density at radius 2 is 1.89 bits per heavy atom. The van der Waals surface area contributed by atoms with Gasteiger partial charge in [0.25, 0.3) is 5.91 Å². The van der Waals surface area contributed by atoms with Crippen LogP contribution in [0.3, 0.4) is 0 Å². The van der Waals surface area contributed by atoms with Gasteiger partial charge < -0.3 is 14.8 Å². The van der Waals surface area contributed by atoms with E-state index >= 15 is 0 Å². The molecule has 1 aromatic carbocycles. The van der Waals surface area contributed by atoms with Crippen LogP contribution in [-0.4, -0.2) is 51.2 Å². The van der Waals surface area contributed by atoms with Crippen LogP contribution in [0.25, 0.3) is 0 Å². The molecule has 1 saturated heterocycles. The quantitative estimate of drug-likeness (QED) is 0.868. The lowest BCUT2D eigenvalue weighted by molar-refractivity contribution is -0.143. The monoisotopic (exact) mass is 382 g/mol. The highest BCUT2D eigenvalue weighted by atomic mass is 19.1. The van der Waals surface area contributed by atoms with Crippen LogP contribution in [0.15, 0.2) is 30.6 Å². The Labute approximate surface area is 162 Å². The van der Waals surface area contributed by atoms with Crippen molar-refractivity contribution in [1.82, 2.24) is 19.8 Å². The summed E-state index contributed by atoms with van der Waals surface area (Å²) in [5.41, 5.74) is 1.69. The third kappa shape index (κ3) is 2.64. The SMILES string of the molecule is O=C(c1ccccc1F)N1CCC2(CC1)c1nc[nH]c1CCN2C(=O)C1CC1. The maximum absolute atomic E-state index is 14.0. The molecule has 3 heterocycles. The van der Waals surface area contributed by atoms with E-state index in [-0.39, 0.29) is 23.3 Å². The summed E-state index contributed by atoms with van der Waals surface area (Å²) in [6, 6.07) is 6.10. The molecule has 0 atom stereocenters. The molecule has 0 radical (unpaired) electrons. The number of aromatic nitrogens is 2. The number of benzene rings is 1. The molecule has 2 aliphatic heterocycles. The summed E-state index contributed by atoms with van der Waals surface area (Å²) in [6.45, 7) is 1.65. The fourth-order valence-electron chi connectivity index (χ4n) is 4.74. The minimum absolute atomic E-state index is 0.105. The van der Waals surface area contributed by atoms with E-state index in [1.165, 1.54) is 12.1 Å². The largest absolute Gasteiger partial charge is 0.348 e. The van der Waals surface area contributed by atoms with Gasteiger partial charge in [0, 0.05) is 37.7 Å². The molecule has 1 aromatic heterocycles. The summed E-state index contributed by atoms with van der Waals surface area (Å²) in [5, 5.41) is 0. The zero-order valence-electron chi connectivity index (χ0n) is 15.7. The number of H-pyrrole nitrogens is 1. The molecule has 28 heavy (non-hydrogen) atoms. The number of likely N-dealkylation sites (tertiary alicyclic amines) is 1. The van der Waals surface area contributed by atoms with E-state index in [2.05, 4.69) is 9.97 Å². The fourth-order valence-corrected chi connectivity index (χ4v) is 4.74. The third-order valence-electron chi connectivity index (χ3n) is 6.44. The van der Waals surface area contributed by atoms with Crippen LogP contribution in [0.4, 0.5) is 4.39 Å². The first kappa shape index (κ1) is 17.4. The molecule has 5 rings (SSSR count). The highest BCUT2D eigenvalue weighted by Crippen LogP contribution is 2.45. The number of amides is 2. The zero-order chi connectivity index (χ0) is 19.3. The van der Waals surface area contributed by atoms with Crippen molar-refractivity contribution < 1.29 is 14.0 Å². The van der Waals surface area contributed by atoms with Crippen molar-refractivity contribution in [1.29, 1.82) is 0 Å². The van der Waals surface area contributed by atoms with Crippen molar-refractivity contribution in [2.45, 2.75) is 37.6 Å². The second kappa shape index (κ2) is 6.43. The van der Waals surface area contributed by atoms with Crippen LogP contribution in [0.2, 0.25) is 0 Å². The molecular weight excluding hydrogens is 359 g/mol. The van der Waals surface area contributed by atoms with Crippen LogP contribution < -0.4 is 0 Å². The summed E-state index contributed by atoms with van der Waals surface area (Å²) < 4.78 is 14.0. The number of halogens is 1. The van der Waals surface area contributed by atoms with Crippen molar-refractivity contribution in [3.63, 3.8) is 0 Å². The fraction of sp³-hybridized carbons (Fsp3) is 0.476. The van der Waals surface area contributed by atoms with Gasteiger partial charge in [-0.15, -0.1) is 0 Å². The lowest BCUT2D eigenvalue weighted by atomic mass is 9.78. The Hall–Kier alpha value is -2.70. The Bertz CT molecular complexity index is 928. The lowest BCUT2D eigenvalue weighted by Gasteiger charge is -2.50. The van der Waals surface area contributed by atoms with Crippen LogP contribution in [-0.2, 0) is 16.8 Å². The smallest absolute Gasteiger partial charge is 0.256 e. The van der Waals surface area contributed by atoms with Crippen LogP contribution in [0, 0.1) is 11.7 Å². The number of carbonyl (C=O) groups excluding carboxylic acids is 2. The lowest BCUT2D eigenvalue weighted by Crippen LogP contribution is -2.59. The van der Waals surface area contributed by atoms with Gasteiger partial charge in [0.2, 0.25) is 5.91 Å². The Balaban J connectivity index is 1.42. The number of carbonyl (C=O) groups is 2. The van der Waals surface area contributed by atoms with E-state index in [1.807, 2.05) is 4.90 Å². The number of nitrogens with zero attached hydrogens (tertiary/aromatic N) is 3. The molecule has 7 heteroatoms. The molecule has 1 saturated carbocycles. The highest BCUT2D eigenvalue weighted by Gasteiger charge is 2.51. The standard InChI is InChI=1S/C21H23FN4O2/c22-16-4-2-1-3-15(16)20(28)25-11-8-21(9-12-25)18-17(23-13-24-18)7-10-26(21)19(27)14-5-6-14/h1-4,13-14H,5-12H2,(H,23,24). The van der Waals surface area contributed by atoms with Crippen LogP contribution >= 0.6 is 0 Å². The number of aromatic amines is 1. The van der Waals surface area contributed by atoms with Crippen molar-refractivity contribution in [2.24, 2.45) is 5.92 Å². The normalized spacial score (nSPS) is 20.9. The van der Waals surface area contributed by atoms with E-state index < -0.39 is 11.4 Å². The molecular formula is C21H23FN4O2. The van der Waals surface area contributed by atoms with E-state index in [0.717, 1.165) is 30.7 Å². The van der Waals surface area contributed by atoms with Gasteiger partial charge >= 0.3 is 0 Å². The Kier molecular flexibility index (Phi) is 4.00. The number of nitrogens with one attached hydrogen (secondary N) is 1. The topological polar surface area (TPSA) is 69.3 Å². The van der Waals surface area contributed by atoms with Gasteiger partial charge in [-0.2, -0.15) is 0 Å². The molecule has 1 spiro atoms. The van der Waals surface area contributed by atoms with Crippen molar-refractivity contribution in [3.8, 4) is 0 Å². The van der Waals surface area contributed by atoms with Gasteiger partial charge in [-0.1, -0.05) is 12.1 Å². The first-order chi connectivity index (χ1) is 13.6. The number of hydrogen-bond donors (Lipinski definition) is 1. The van der Waals surface area contributed by atoms with Gasteiger partial charge in [-0.3, -0.25) is 9.59 Å². The van der Waals surface area contributed by atoms with E-state index in [9.17, 15) is 14.0 Å². The summed E-state index contributed by atoms with van der Waals surface area (Å²) in [6.07, 6.45) is 5.68. The molecule has 2 amide bonds. The third-order valence-corrected chi connectivity index (χ3v) is 6.44. The highest BCUT2D eigenvalue weighted by molar-refractivity contribution is 5.94. The van der Waals surface area contributed by atoms with Crippen molar-refractivity contribution in [3.05, 3.63) is 53.4 Å². The Morgan fingerprint density at radius 1 is 1.14 bits per heavy atom. The maximum Gasteiger partial charge on any atom is 0.256 e. The van der Waals surface area contributed by atoms with E-state index in [1.54, 1.807) is 23.4 Å². The maximum atomic E-state index is 14.0. The number of imidazole rings is 1. The van der Waals surface area contributed by atoms with Crippen LogP contribution in [0.1, 0.15) is 47.4 Å². The van der Waals surface area contributed by atoms with Crippen LogP contribution in [0.5, 0.6) is 0 Å². The number of fused-ring (bicyclic) bond motifs is 2. The molecule has 2 aromatic rings. The first-order valence-corrected chi connectivity index (χ1v) is 9.98. The number of piperidine rings is 1. The van der Waals surface area contributed by atoms with E-state index in [0.29, 0.717) is 32.5 Å². The summed E-state index contributed by atoms with van der Waals surface area (Å²) in [5.74, 6) is -0.408. The second-order valence-electron chi connectivity index (χ2n) is 8.05. The average Bonchev–Trinajstić information content (AvgIpc) is 3.45. The predicted molar refractivity (Wildman–Crippen MR) is 99.9 cm³/mol. The molecule has 146 valence electrons. The summed E-state index contributed by atoms with van der Waals surface area (Å²) in [7, 11) is 0. The molecule has 3 aliphatic rings. The van der Waals surface area contributed by atoms with Crippen molar-refractivity contribution >= 4 is 11.8 Å². The molecule has 1 N–H and O–H groups in total. The molecule has 6 nitrogen and oxygen atoms in total.